The van der Waals surface area contributed by atoms with Crippen LogP contribution in [0.5, 0.6) is 0 Å². The standard InChI is InChI=1S/C11H15NO2/c1-6-7(12)11-5-10(6,11)4-9(11)2-3-14-8(9)13/h6-7H,2-5,12H2,1H3. The summed E-state index contributed by atoms with van der Waals surface area (Å²) in [6.45, 7) is 2.86. The first-order valence-corrected chi connectivity index (χ1v) is 5.54. The molecule has 1 spiro atoms. The van der Waals surface area contributed by atoms with Crippen LogP contribution < -0.4 is 5.73 Å². The molecule has 14 heavy (non-hydrogen) atoms. The van der Waals surface area contributed by atoms with Gasteiger partial charge in [-0.3, -0.25) is 4.79 Å². The van der Waals surface area contributed by atoms with E-state index >= 15 is 0 Å². The molecule has 3 heteroatoms. The van der Waals surface area contributed by atoms with Crippen LogP contribution in [0, 0.1) is 22.2 Å². The van der Waals surface area contributed by atoms with Gasteiger partial charge in [0.25, 0.3) is 0 Å². The van der Waals surface area contributed by atoms with E-state index in [2.05, 4.69) is 6.92 Å². The third-order valence-corrected chi connectivity index (χ3v) is 5.96. The molecule has 1 saturated heterocycles. The quantitative estimate of drug-likeness (QED) is 0.575. The lowest BCUT2D eigenvalue weighted by Gasteiger charge is -2.64. The highest BCUT2D eigenvalue weighted by Gasteiger charge is 2.98. The van der Waals surface area contributed by atoms with Crippen LogP contribution in [-0.2, 0) is 9.53 Å². The van der Waals surface area contributed by atoms with E-state index in [-0.39, 0.29) is 22.8 Å². The van der Waals surface area contributed by atoms with E-state index in [1.54, 1.807) is 0 Å². The Balaban J connectivity index is 1.80. The fourth-order valence-electron chi connectivity index (χ4n) is 5.20. The van der Waals surface area contributed by atoms with Crippen LogP contribution in [0.1, 0.15) is 26.2 Å². The summed E-state index contributed by atoms with van der Waals surface area (Å²) in [6, 6.07) is 0.252. The molecule has 3 saturated carbocycles. The second-order valence-corrected chi connectivity index (χ2v) is 5.76. The van der Waals surface area contributed by atoms with Gasteiger partial charge in [-0.1, -0.05) is 6.92 Å². The maximum atomic E-state index is 11.8. The number of ether oxygens (including phenoxy) is 1. The van der Waals surface area contributed by atoms with E-state index in [4.69, 9.17) is 10.5 Å². The molecule has 4 aliphatic rings. The molecule has 0 aromatic heterocycles. The predicted molar refractivity (Wildman–Crippen MR) is 49.2 cm³/mol. The first-order valence-electron chi connectivity index (χ1n) is 5.54. The van der Waals surface area contributed by atoms with Crippen molar-refractivity contribution in [1.29, 1.82) is 0 Å². The number of carbonyl (C=O) groups is 1. The lowest BCUT2D eigenvalue weighted by Crippen LogP contribution is -2.71. The van der Waals surface area contributed by atoms with E-state index in [1.807, 2.05) is 0 Å². The highest BCUT2D eigenvalue weighted by atomic mass is 16.5. The first kappa shape index (κ1) is 7.69. The van der Waals surface area contributed by atoms with E-state index in [9.17, 15) is 4.79 Å². The smallest absolute Gasteiger partial charge is 0.312 e. The van der Waals surface area contributed by atoms with E-state index in [0.717, 1.165) is 12.8 Å². The van der Waals surface area contributed by atoms with Crippen molar-refractivity contribution < 1.29 is 9.53 Å². The summed E-state index contributed by atoms with van der Waals surface area (Å²) < 4.78 is 5.14. The second kappa shape index (κ2) is 1.64. The molecule has 4 rings (SSSR count). The van der Waals surface area contributed by atoms with Gasteiger partial charge >= 0.3 is 5.97 Å². The minimum Gasteiger partial charge on any atom is -0.465 e. The second-order valence-electron chi connectivity index (χ2n) is 5.76. The monoisotopic (exact) mass is 193 g/mol. The summed E-state index contributed by atoms with van der Waals surface area (Å²) in [5, 5.41) is 0. The van der Waals surface area contributed by atoms with Crippen molar-refractivity contribution in [1.82, 2.24) is 0 Å². The number of carbonyl (C=O) groups excluding carboxylic acids is 1. The molecule has 5 atom stereocenters. The van der Waals surface area contributed by atoms with Gasteiger partial charge in [0.1, 0.15) is 0 Å². The third-order valence-electron chi connectivity index (χ3n) is 5.96. The van der Waals surface area contributed by atoms with Crippen molar-refractivity contribution in [2.24, 2.45) is 27.9 Å². The van der Waals surface area contributed by atoms with Gasteiger partial charge < -0.3 is 10.5 Å². The topological polar surface area (TPSA) is 52.3 Å². The van der Waals surface area contributed by atoms with Gasteiger partial charge in [-0.2, -0.15) is 0 Å². The number of hydrogen-bond acceptors (Lipinski definition) is 3. The molecule has 4 fully saturated rings. The zero-order chi connectivity index (χ0) is 9.77. The van der Waals surface area contributed by atoms with Crippen molar-refractivity contribution in [3.8, 4) is 0 Å². The highest BCUT2D eigenvalue weighted by molar-refractivity contribution is 5.85. The van der Waals surface area contributed by atoms with Crippen LogP contribution in [0.25, 0.3) is 0 Å². The van der Waals surface area contributed by atoms with Crippen LogP contribution in [0.4, 0.5) is 0 Å². The Morgan fingerprint density at radius 3 is 2.79 bits per heavy atom. The molecule has 3 aliphatic carbocycles. The van der Waals surface area contributed by atoms with Crippen LogP contribution in [0.3, 0.4) is 0 Å². The summed E-state index contributed by atoms with van der Waals surface area (Å²) in [6.07, 6.45) is 3.18. The van der Waals surface area contributed by atoms with Crippen molar-refractivity contribution in [3.05, 3.63) is 0 Å². The zero-order valence-electron chi connectivity index (χ0n) is 8.38. The number of rotatable bonds is 0. The number of hydrogen-bond donors (Lipinski definition) is 1. The maximum Gasteiger partial charge on any atom is 0.312 e. The molecule has 1 heterocycles. The van der Waals surface area contributed by atoms with Crippen molar-refractivity contribution in [3.63, 3.8) is 0 Å². The van der Waals surface area contributed by atoms with E-state index < -0.39 is 0 Å². The molecule has 3 nitrogen and oxygen atoms in total. The third kappa shape index (κ3) is 0.390. The first-order chi connectivity index (χ1) is 6.61. The largest absolute Gasteiger partial charge is 0.465 e. The molecule has 0 aromatic carbocycles. The summed E-state index contributed by atoms with van der Waals surface area (Å²) in [5.41, 5.74) is 6.70. The number of nitrogens with two attached hydrogens (primary N) is 1. The Hall–Kier alpha value is -0.570. The van der Waals surface area contributed by atoms with Crippen LogP contribution in [0.15, 0.2) is 0 Å². The molecule has 2 N–H and O–H groups in total. The van der Waals surface area contributed by atoms with Gasteiger partial charge in [0.05, 0.1) is 12.0 Å². The molecule has 0 aromatic rings. The SMILES string of the molecule is CC1C(N)C23CC12CC31CCOC1=O. The fourth-order valence-corrected chi connectivity index (χ4v) is 5.20. The summed E-state index contributed by atoms with van der Waals surface area (Å²) in [5.74, 6) is 0.675. The van der Waals surface area contributed by atoms with Crippen LogP contribution >= 0.6 is 0 Å². The van der Waals surface area contributed by atoms with E-state index in [1.165, 1.54) is 6.42 Å². The van der Waals surface area contributed by atoms with Crippen LogP contribution in [0.2, 0.25) is 0 Å². The molecular weight excluding hydrogens is 178 g/mol. The Labute approximate surface area is 83.0 Å². The van der Waals surface area contributed by atoms with Gasteiger partial charge in [0, 0.05) is 11.5 Å². The van der Waals surface area contributed by atoms with Gasteiger partial charge in [-0.25, -0.2) is 0 Å². The Morgan fingerprint density at radius 1 is 1.50 bits per heavy atom. The lowest BCUT2D eigenvalue weighted by atomic mass is 9.38. The molecule has 1 aliphatic heterocycles. The minimum absolute atomic E-state index is 0.0491. The fraction of sp³-hybridized carbons (Fsp3) is 0.909. The molecule has 0 radical (unpaired) electrons. The molecule has 5 unspecified atom stereocenters. The Kier molecular flexibility index (Phi) is 0.903. The van der Waals surface area contributed by atoms with Crippen molar-refractivity contribution in [2.45, 2.75) is 32.2 Å². The van der Waals surface area contributed by atoms with Gasteiger partial charge in [0.15, 0.2) is 0 Å². The maximum absolute atomic E-state index is 11.8. The molecule has 0 amide bonds. The predicted octanol–water partition coefficient (Wildman–Crippen LogP) is 0.677. The summed E-state index contributed by atoms with van der Waals surface area (Å²) in [7, 11) is 0. The van der Waals surface area contributed by atoms with Crippen molar-refractivity contribution in [2.75, 3.05) is 6.61 Å². The van der Waals surface area contributed by atoms with Crippen molar-refractivity contribution >= 4 is 5.97 Å². The molecular formula is C11H15NO2. The zero-order valence-corrected chi connectivity index (χ0v) is 8.38. The molecule has 0 bridgehead atoms. The average Bonchev–Trinajstić information content (AvgIpc) is 2.42. The Morgan fingerprint density at radius 2 is 2.29 bits per heavy atom. The number of cyclic esters (lactones) is 1. The lowest BCUT2D eigenvalue weighted by molar-refractivity contribution is -0.191. The summed E-state index contributed by atoms with van der Waals surface area (Å²) in [4.78, 5) is 11.8. The van der Waals surface area contributed by atoms with Crippen LogP contribution in [-0.4, -0.2) is 18.6 Å². The van der Waals surface area contributed by atoms with Gasteiger partial charge in [-0.15, -0.1) is 0 Å². The Bertz CT molecular complexity index is 368. The number of esters is 1. The molecule has 76 valence electrons. The van der Waals surface area contributed by atoms with Gasteiger partial charge in [0.2, 0.25) is 0 Å². The normalized spacial score (nSPS) is 67.7. The van der Waals surface area contributed by atoms with E-state index in [0.29, 0.717) is 17.9 Å². The average molecular weight is 193 g/mol. The summed E-state index contributed by atoms with van der Waals surface area (Å²) >= 11 is 0. The van der Waals surface area contributed by atoms with Gasteiger partial charge in [-0.05, 0) is 30.6 Å². The minimum atomic E-state index is -0.140. The highest BCUT2D eigenvalue weighted by Crippen LogP contribution is 2.97.